The third-order valence-electron chi connectivity index (χ3n) is 4.90. The first-order valence-corrected chi connectivity index (χ1v) is 11.4. The molecule has 5 nitrogen and oxygen atoms in total. The molecule has 1 heterocycles. The molecule has 0 radical (unpaired) electrons. The molecule has 1 aromatic heterocycles. The molecule has 0 spiro atoms. The average molecular weight is 395 g/mol. The lowest BCUT2D eigenvalue weighted by Gasteiger charge is -2.30. The second-order valence-electron chi connectivity index (χ2n) is 6.66. The zero-order valence-electron chi connectivity index (χ0n) is 15.6. The molecule has 7 heteroatoms. The summed E-state index contributed by atoms with van der Waals surface area (Å²) in [4.78, 5) is 4.72. The Morgan fingerprint density at radius 1 is 1.27 bits per heavy atom. The van der Waals surface area contributed by atoms with Gasteiger partial charge in [0.05, 0.1) is 17.3 Å². The third kappa shape index (κ3) is 3.94. The van der Waals surface area contributed by atoms with E-state index >= 15 is 0 Å². The molecule has 1 aliphatic rings. The molecule has 0 amide bonds. The summed E-state index contributed by atoms with van der Waals surface area (Å²) < 4.78 is 33.9. The Bertz CT molecular complexity index is 855. The molecule has 26 heavy (non-hydrogen) atoms. The van der Waals surface area contributed by atoms with E-state index in [1.807, 2.05) is 25.3 Å². The maximum Gasteiger partial charge on any atom is 0.246 e. The van der Waals surface area contributed by atoms with Crippen molar-refractivity contribution in [1.29, 1.82) is 0 Å². The van der Waals surface area contributed by atoms with Gasteiger partial charge in [0.25, 0.3) is 0 Å². The minimum atomic E-state index is -3.63. The first-order valence-electron chi connectivity index (χ1n) is 9.11. The zero-order valence-corrected chi connectivity index (χ0v) is 17.2. The van der Waals surface area contributed by atoms with E-state index in [1.165, 1.54) is 6.42 Å². The molecule has 1 aromatic carbocycles. The number of hydrogen-bond acceptors (Lipinski definition) is 5. The third-order valence-corrected chi connectivity index (χ3v) is 7.61. The van der Waals surface area contributed by atoms with E-state index in [1.54, 1.807) is 34.8 Å². The Morgan fingerprint density at radius 3 is 2.62 bits per heavy atom. The summed E-state index contributed by atoms with van der Waals surface area (Å²) in [6.45, 7) is 4.22. The molecule has 0 unspecified atom stereocenters. The predicted molar refractivity (Wildman–Crippen MR) is 105 cm³/mol. The number of rotatable bonds is 6. The van der Waals surface area contributed by atoms with Crippen molar-refractivity contribution in [3.63, 3.8) is 0 Å². The van der Waals surface area contributed by atoms with Crippen LogP contribution in [-0.4, -0.2) is 37.4 Å². The second kappa shape index (κ2) is 8.06. The standard InChI is InChI=1S/C19H26N2O3S2/c1-4-24-18-11-10-15(17-13-25-14(2)20-17)12-19(18)26(22,23)21(3)16-8-6-5-7-9-16/h10-13,16H,4-9H2,1-3H3. The summed E-state index contributed by atoms with van der Waals surface area (Å²) in [6, 6.07) is 5.39. The quantitative estimate of drug-likeness (QED) is 0.725. The van der Waals surface area contributed by atoms with Crippen LogP contribution < -0.4 is 4.74 Å². The molecular formula is C19H26N2O3S2. The maximum atomic E-state index is 13.3. The van der Waals surface area contributed by atoms with E-state index in [0.29, 0.717) is 12.4 Å². The Morgan fingerprint density at radius 2 is 2.00 bits per heavy atom. The van der Waals surface area contributed by atoms with Crippen molar-refractivity contribution in [2.45, 2.75) is 56.9 Å². The van der Waals surface area contributed by atoms with E-state index in [2.05, 4.69) is 4.98 Å². The Hall–Kier alpha value is -1.44. The van der Waals surface area contributed by atoms with Gasteiger partial charge in [-0.05, 0) is 44.9 Å². The van der Waals surface area contributed by atoms with Crippen molar-refractivity contribution in [3.05, 3.63) is 28.6 Å². The molecule has 142 valence electrons. The van der Waals surface area contributed by atoms with Crippen LogP contribution in [0.3, 0.4) is 0 Å². The van der Waals surface area contributed by atoms with E-state index in [9.17, 15) is 8.42 Å². The lowest BCUT2D eigenvalue weighted by molar-refractivity contribution is 0.283. The van der Waals surface area contributed by atoms with Crippen LogP contribution in [0.25, 0.3) is 11.3 Å². The monoisotopic (exact) mass is 394 g/mol. The summed E-state index contributed by atoms with van der Waals surface area (Å²) in [6.07, 6.45) is 5.20. The number of benzene rings is 1. The van der Waals surface area contributed by atoms with Crippen LogP contribution in [0, 0.1) is 6.92 Å². The lowest BCUT2D eigenvalue weighted by Crippen LogP contribution is -2.38. The first-order chi connectivity index (χ1) is 12.4. The van der Waals surface area contributed by atoms with Gasteiger partial charge in [-0.25, -0.2) is 13.4 Å². The summed E-state index contributed by atoms with van der Waals surface area (Å²) in [5, 5.41) is 2.91. The molecule has 0 saturated heterocycles. The Balaban J connectivity index is 2.02. The van der Waals surface area contributed by atoms with Crippen LogP contribution >= 0.6 is 11.3 Å². The molecule has 1 aliphatic carbocycles. The molecule has 2 aromatic rings. The molecule has 0 aliphatic heterocycles. The van der Waals surface area contributed by atoms with Crippen molar-refractivity contribution in [2.24, 2.45) is 0 Å². The van der Waals surface area contributed by atoms with Gasteiger partial charge in [-0.15, -0.1) is 11.3 Å². The lowest BCUT2D eigenvalue weighted by atomic mass is 9.96. The van der Waals surface area contributed by atoms with Crippen LogP contribution in [0.2, 0.25) is 0 Å². The fourth-order valence-electron chi connectivity index (χ4n) is 3.44. The van der Waals surface area contributed by atoms with E-state index in [-0.39, 0.29) is 10.9 Å². The van der Waals surface area contributed by atoms with Gasteiger partial charge in [-0.3, -0.25) is 0 Å². The van der Waals surface area contributed by atoms with E-state index in [0.717, 1.165) is 41.9 Å². The van der Waals surface area contributed by atoms with Gasteiger partial charge in [0.2, 0.25) is 10.0 Å². The van der Waals surface area contributed by atoms with Gasteiger partial charge in [0.1, 0.15) is 10.6 Å². The van der Waals surface area contributed by atoms with Crippen LogP contribution in [-0.2, 0) is 10.0 Å². The Labute approximate surface area is 160 Å². The summed E-state index contributed by atoms with van der Waals surface area (Å²) in [5.41, 5.74) is 1.60. The van der Waals surface area contributed by atoms with Crippen molar-refractivity contribution < 1.29 is 13.2 Å². The summed E-state index contributed by atoms with van der Waals surface area (Å²) >= 11 is 1.55. The summed E-state index contributed by atoms with van der Waals surface area (Å²) in [5.74, 6) is 0.408. The van der Waals surface area contributed by atoms with Gasteiger partial charge >= 0.3 is 0 Å². The number of aromatic nitrogens is 1. The van der Waals surface area contributed by atoms with Crippen LogP contribution in [0.5, 0.6) is 5.75 Å². The highest BCUT2D eigenvalue weighted by molar-refractivity contribution is 7.89. The van der Waals surface area contributed by atoms with Gasteiger partial charge in [0, 0.05) is 24.0 Å². The number of nitrogens with zero attached hydrogens (tertiary/aromatic N) is 2. The SMILES string of the molecule is CCOc1ccc(-c2csc(C)n2)cc1S(=O)(=O)N(C)C1CCCCC1. The van der Waals surface area contributed by atoms with Gasteiger partial charge in [-0.2, -0.15) is 4.31 Å². The Kier molecular flexibility index (Phi) is 5.99. The highest BCUT2D eigenvalue weighted by Crippen LogP contribution is 2.34. The molecule has 1 saturated carbocycles. The van der Waals surface area contributed by atoms with Crippen LogP contribution in [0.15, 0.2) is 28.5 Å². The van der Waals surface area contributed by atoms with Crippen molar-refractivity contribution >= 4 is 21.4 Å². The number of aryl methyl sites for hydroxylation is 1. The minimum Gasteiger partial charge on any atom is -0.492 e. The molecule has 3 rings (SSSR count). The largest absolute Gasteiger partial charge is 0.492 e. The van der Waals surface area contributed by atoms with Gasteiger partial charge in [-0.1, -0.05) is 19.3 Å². The fraction of sp³-hybridized carbons (Fsp3) is 0.526. The molecule has 1 fully saturated rings. The van der Waals surface area contributed by atoms with Crippen molar-refractivity contribution in [3.8, 4) is 17.0 Å². The smallest absolute Gasteiger partial charge is 0.246 e. The fourth-order valence-corrected chi connectivity index (χ4v) is 5.63. The van der Waals surface area contributed by atoms with Crippen LogP contribution in [0.1, 0.15) is 44.0 Å². The normalized spacial score (nSPS) is 16.2. The van der Waals surface area contributed by atoms with Crippen molar-refractivity contribution in [1.82, 2.24) is 9.29 Å². The van der Waals surface area contributed by atoms with Gasteiger partial charge < -0.3 is 4.74 Å². The average Bonchev–Trinajstić information content (AvgIpc) is 3.08. The first kappa shape index (κ1) is 19.3. The van der Waals surface area contributed by atoms with E-state index < -0.39 is 10.0 Å². The number of sulfonamides is 1. The molecule has 0 N–H and O–H groups in total. The van der Waals surface area contributed by atoms with E-state index in [4.69, 9.17) is 4.74 Å². The van der Waals surface area contributed by atoms with Crippen molar-refractivity contribution in [2.75, 3.05) is 13.7 Å². The highest BCUT2D eigenvalue weighted by atomic mass is 32.2. The predicted octanol–water partition coefficient (Wildman–Crippen LogP) is 4.47. The minimum absolute atomic E-state index is 0.0633. The number of hydrogen-bond donors (Lipinski definition) is 0. The zero-order chi connectivity index (χ0) is 18.7. The highest BCUT2D eigenvalue weighted by Gasteiger charge is 2.31. The summed E-state index contributed by atoms with van der Waals surface area (Å²) in [7, 11) is -1.94. The molecule has 0 atom stereocenters. The second-order valence-corrected chi connectivity index (χ2v) is 9.69. The van der Waals surface area contributed by atoms with Crippen LogP contribution in [0.4, 0.5) is 0 Å². The number of ether oxygens (including phenoxy) is 1. The topological polar surface area (TPSA) is 59.5 Å². The maximum absolute atomic E-state index is 13.3. The molecule has 0 bridgehead atoms. The molecular weight excluding hydrogens is 368 g/mol. The van der Waals surface area contributed by atoms with Gasteiger partial charge in [0.15, 0.2) is 0 Å². The number of thiazole rings is 1.